The van der Waals surface area contributed by atoms with Crippen LogP contribution in [0, 0.1) is 11.8 Å². The number of aryl methyl sites for hydroxylation is 1. The molecule has 1 aromatic carbocycles. The van der Waals surface area contributed by atoms with Crippen molar-refractivity contribution in [1.82, 2.24) is 9.97 Å². The largest absolute Gasteiger partial charge is 0.494 e. The predicted octanol–water partition coefficient (Wildman–Crippen LogP) is 6.08. The molecule has 0 aliphatic heterocycles. The molecule has 1 aliphatic carbocycles. The van der Waals surface area contributed by atoms with Gasteiger partial charge >= 0.3 is 0 Å². The van der Waals surface area contributed by atoms with E-state index in [2.05, 4.69) is 29.0 Å². The Morgan fingerprint density at radius 3 is 2.04 bits per heavy atom. The number of benzene rings is 1. The number of nitrogens with zero attached hydrogens (tertiary/aromatic N) is 2. The van der Waals surface area contributed by atoms with Gasteiger partial charge in [-0.25, -0.2) is 9.97 Å². The molecular weight excluding hydrogens is 320 g/mol. The zero-order valence-corrected chi connectivity index (χ0v) is 16.3. The second-order valence-electron chi connectivity index (χ2n) is 7.56. The summed E-state index contributed by atoms with van der Waals surface area (Å²) in [4.78, 5) is 9.20. The van der Waals surface area contributed by atoms with E-state index >= 15 is 0 Å². The van der Waals surface area contributed by atoms with Crippen LogP contribution in [0.4, 0.5) is 0 Å². The lowest BCUT2D eigenvalue weighted by Gasteiger charge is -2.28. The van der Waals surface area contributed by atoms with Crippen LogP contribution < -0.4 is 4.74 Å². The van der Waals surface area contributed by atoms with Gasteiger partial charge in [0.1, 0.15) is 11.6 Å². The summed E-state index contributed by atoms with van der Waals surface area (Å²) in [7, 11) is 0. The molecule has 0 atom stereocenters. The molecule has 140 valence electrons. The summed E-state index contributed by atoms with van der Waals surface area (Å²) >= 11 is 0. The second-order valence-corrected chi connectivity index (χ2v) is 7.56. The van der Waals surface area contributed by atoms with Crippen LogP contribution in [0.2, 0.25) is 0 Å². The summed E-state index contributed by atoms with van der Waals surface area (Å²) in [5.74, 6) is 3.75. The van der Waals surface area contributed by atoms with Gasteiger partial charge in [0.15, 0.2) is 0 Å². The molecule has 3 rings (SSSR count). The Bertz CT molecular complexity index is 643. The molecule has 1 heterocycles. The Kier molecular flexibility index (Phi) is 7.04. The molecule has 0 spiro atoms. The molecule has 1 aromatic heterocycles. The zero-order chi connectivity index (χ0) is 18.2. The number of ether oxygens (including phenoxy) is 1. The first-order chi connectivity index (χ1) is 12.8. The van der Waals surface area contributed by atoms with Gasteiger partial charge in [0.05, 0.1) is 6.61 Å². The highest BCUT2D eigenvalue weighted by molar-refractivity contribution is 5.62. The summed E-state index contributed by atoms with van der Waals surface area (Å²) < 4.78 is 5.49. The molecule has 1 aliphatic rings. The fourth-order valence-corrected chi connectivity index (χ4v) is 4.09. The average Bonchev–Trinajstić information content (AvgIpc) is 2.69. The molecule has 0 N–H and O–H groups in total. The molecule has 3 nitrogen and oxygen atoms in total. The first-order valence-electron chi connectivity index (χ1n) is 10.3. The van der Waals surface area contributed by atoms with E-state index in [0.29, 0.717) is 6.61 Å². The summed E-state index contributed by atoms with van der Waals surface area (Å²) in [5.41, 5.74) is 2.20. The van der Waals surface area contributed by atoms with Gasteiger partial charge in [0.2, 0.25) is 0 Å². The van der Waals surface area contributed by atoms with Crippen molar-refractivity contribution in [1.29, 1.82) is 0 Å². The number of aromatic nitrogens is 2. The molecule has 0 amide bonds. The molecule has 1 fully saturated rings. The third-order valence-corrected chi connectivity index (χ3v) is 5.64. The van der Waals surface area contributed by atoms with Crippen LogP contribution in [0.1, 0.15) is 64.6 Å². The van der Waals surface area contributed by atoms with Crippen molar-refractivity contribution in [2.75, 3.05) is 6.61 Å². The zero-order valence-electron chi connectivity index (χ0n) is 16.3. The minimum atomic E-state index is 0.692. The van der Waals surface area contributed by atoms with Gasteiger partial charge in [0, 0.05) is 24.4 Å². The van der Waals surface area contributed by atoms with Crippen molar-refractivity contribution in [3.05, 3.63) is 42.5 Å². The van der Waals surface area contributed by atoms with Crippen LogP contribution in [-0.2, 0) is 6.42 Å². The van der Waals surface area contributed by atoms with Crippen molar-refractivity contribution < 1.29 is 4.74 Å². The molecule has 1 saturated carbocycles. The van der Waals surface area contributed by atoms with Gasteiger partial charge in [-0.05, 0) is 42.9 Å². The Morgan fingerprint density at radius 1 is 0.846 bits per heavy atom. The fraction of sp³-hybridized carbons (Fsp3) is 0.565. The maximum atomic E-state index is 5.49. The maximum absolute atomic E-state index is 5.49. The smallest absolute Gasteiger partial charge is 0.128 e. The highest BCUT2D eigenvalue weighted by Crippen LogP contribution is 2.33. The minimum absolute atomic E-state index is 0.692. The quantitative estimate of drug-likeness (QED) is 0.577. The Balaban J connectivity index is 1.49. The first kappa shape index (κ1) is 18.9. The van der Waals surface area contributed by atoms with E-state index in [4.69, 9.17) is 4.74 Å². The predicted molar refractivity (Wildman–Crippen MR) is 107 cm³/mol. The van der Waals surface area contributed by atoms with Crippen LogP contribution in [0.3, 0.4) is 0 Å². The lowest BCUT2D eigenvalue weighted by molar-refractivity contribution is 0.251. The molecule has 3 heteroatoms. The number of rotatable bonds is 8. The van der Waals surface area contributed by atoms with Gasteiger partial charge in [-0.15, -0.1) is 0 Å². The van der Waals surface area contributed by atoms with Crippen molar-refractivity contribution in [3.8, 4) is 16.9 Å². The average molecular weight is 353 g/mol. The highest BCUT2D eigenvalue weighted by Gasteiger charge is 2.20. The number of hydrogen-bond donors (Lipinski definition) is 0. The lowest BCUT2D eigenvalue weighted by atomic mass is 9.78. The van der Waals surface area contributed by atoms with Crippen LogP contribution in [0.5, 0.6) is 5.75 Å². The van der Waals surface area contributed by atoms with E-state index in [-0.39, 0.29) is 0 Å². The molecule has 0 bridgehead atoms. The van der Waals surface area contributed by atoms with Gasteiger partial charge in [-0.2, -0.15) is 0 Å². The van der Waals surface area contributed by atoms with Crippen molar-refractivity contribution in [2.24, 2.45) is 11.8 Å². The van der Waals surface area contributed by atoms with Crippen LogP contribution in [0.25, 0.3) is 11.1 Å². The summed E-state index contributed by atoms with van der Waals surface area (Å²) in [6.45, 7) is 5.00. The van der Waals surface area contributed by atoms with E-state index < -0.39 is 0 Å². The van der Waals surface area contributed by atoms with Gasteiger partial charge in [0.25, 0.3) is 0 Å². The van der Waals surface area contributed by atoms with Gasteiger partial charge < -0.3 is 4.74 Å². The third-order valence-electron chi connectivity index (χ3n) is 5.64. The van der Waals surface area contributed by atoms with Crippen LogP contribution >= 0.6 is 0 Å². The van der Waals surface area contributed by atoms with E-state index in [9.17, 15) is 0 Å². The molecular formula is C23H32N2O. The maximum Gasteiger partial charge on any atom is 0.128 e. The topological polar surface area (TPSA) is 35.0 Å². The highest BCUT2D eigenvalue weighted by atomic mass is 16.5. The summed E-state index contributed by atoms with van der Waals surface area (Å²) in [6.07, 6.45) is 14.6. The van der Waals surface area contributed by atoms with Crippen LogP contribution in [0.15, 0.2) is 36.7 Å². The van der Waals surface area contributed by atoms with E-state index in [0.717, 1.165) is 41.0 Å². The normalized spacial score (nSPS) is 20.1. The van der Waals surface area contributed by atoms with Crippen LogP contribution in [-0.4, -0.2) is 16.6 Å². The SMILES string of the molecule is CCCC1CCC(CCc2ncc(-c3ccc(OCC)cc3)cn2)CC1. The number of hydrogen-bond acceptors (Lipinski definition) is 3. The summed E-state index contributed by atoms with van der Waals surface area (Å²) in [5, 5.41) is 0. The van der Waals surface area contributed by atoms with Crippen molar-refractivity contribution in [2.45, 2.75) is 65.2 Å². The minimum Gasteiger partial charge on any atom is -0.494 e. The summed E-state index contributed by atoms with van der Waals surface area (Å²) in [6, 6.07) is 8.14. The van der Waals surface area contributed by atoms with E-state index in [1.807, 2.05) is 31.5 Å². The Morgan fingerprint density at radius 2 is 1.46 bits per heavy atom. The molecule has 26 heavy (non-hydrogen) atoms. The molecule has 0 radical (unpaired) electrons. The molecule has 0 unspecified atom stereocenters. The van der Waals surface area contributed by atoms with E-state index in [1.54, 1.807) is 0 Å². The Labute approximate surface area is 158 Å². The van der Waals surface area contributed by atoms with E-state index in [1.165, 1.54) is 44.9 Å². The lowest BCUT2D eigenvalue weighted by Crippen LogP contribution is -2.15. The second kappa shape index (κ2) is 9.70. The fourth-order valence-electron chi connectivity index (χ4n) is 4.09. The van der Waals surface area contributed by atoms with Gasteiger partial charge in [-0.3, -0.25) is 0 Å². The standard InChI is InChI=1S/C23H32N2O/c1-3-5-18-6-8-19(9-7-18)10-15-23-24-16-21(17-25-23)20-11-13-22(14-12-20)26-4-2/h11-14,16-19H,3-10,15H2,1-2H3. The van der Waals surface area contributed by atoms with Gasteiger partial charge in [-0.1, -0.05) is 57.6 Å². The van der Waals surface area contributed by atoms with Crippen molar-refractivity contribution >= 4 is 0 Å². The molecule has 0 saturated heterocycles. The third kappa shape index (κ3) is 5.30. The monoisotopic (exact) mass is 352 g/mol. The first-order valence-corrected chi connectivity index (χ1v) is 10.3. The molecule has 2 aromatic rings. The van der Waals surface area contributed by atoms with Crippen molar-refractivity contribution in [3.63, 3.8) is 0 Å². The Hall–Kier alpha value is -1.90.